The molecule has 2 fully saturated rings. The van der Waals surface area contributed by atoms with E-state index in [1.165, 1.54) is 0 Å². The van der Waals surface area contributed by atoms with Gasteiger partial charge in [-0.3, -0.25) is 0 Å². The summed E-state index contributed by atoms with van der Waals surface area (Å²) in [5, 5.41) is 0. The van der Waals surface area contributed by atoms with Gasteiger partial charge in [-0.1, -0.05) is 34.6 Å². The second kappa shape index (κ2) is 6.13. The van der Waals surface area contributed by atoms with Crippen LogP contribution in [-0.2, 0) is 23.7 Å². The van der Waals surface area contributed by atoms with Crippen molar-refractivity contribution < 1.29 is 23.7 Å². The molecule has 0 aliphatic carbocycles. The van der Waals surface area contributed by atoms with Crippen molar-refractivity contribution in [3.8, 4) is 0 Å². The summed E-state index contributed by atoms with van der Waals surface area (Å²) in [6, 6.07) is 0. The van der Waals surface area contributed by atoms with Crippen LogP contribution in [0.5, 0.6) is 0 Å². The Kier molecular flexibility index (Phi) is 5.01. The number of ether oxygens (including phenoxy) is 5. The largest absolute Gasteiger partial charge is 0.384 e. The third-order valence-corrected chi connectivity index (χ3v) is 4.03. The number of hydrogen-bond donors (Lipinski definition) is 0. The monoisotopic (exact) mass is 302 g/mol. The summed E-state index contributed by atoms with van der Waals surface area (Å²) in [4.78, 5) is 0. The minimum Gasteiger partial charge on any atom is -0.384 e. The molecule has 0 aromatic carbocycles. The summed E-state index contributed by atoms with van der Waals surface area (Å²) >= 11 is 0. The van der Waals surface area contributed by atoms with E-state index < -0.39 is 0 Å². The molecule has 0 N–H and O–H groups in total. The molecule has 0 aromatic rings. The van der Waals surface area contributed by atoms with Crippen LogP contribution in [0.25, 0.3) is 0 Å². The van der Waals surface area contributed by atoms with E-state index in [4.69, 9.17) is 23.7 Å². The highest BCUT2D eigenvalue weighted by Gasteiger charge is 2.46. The molecule has 2 heterocycles. The lowest BCUT2D eigenvalue weighted by molar-refractivity contribution is -0.334. The van der Waals surface area contributed by atoms with Crippen molar-refractivity contribution in [2.24, 2.45) is 16.2 Å². The van der Waals surface area contributed by atoms with Gasteiger partial charge >= 0.3 is 0 Å². The topological polar surface area (TPSA) is 46.2 Å². The smallest absolute Gasteiger partial charge is 0.164 e. The maximum Gasteiger partial charge on any atom is 0.164 e. The van der Waals surface area contributed by atoms with Crippen LogP contribution in [0, 0.1) is 16.2 Å². The van der Waals surface area contributed by atoms with Gasteiger partial charge in [0.25, 0.3) is 0 Å². The Morgan fingerprint density at radius 3 is 1.67 bits per heavy atom. The Morgan fingerprint density at radius 1 is 0.857 bits per heavy atom. The SMILES string of the molecule is COCC(C)(C)C1OCC2(COC(C(C)(C)C)OC2)CO1. The van der Waals surface area contributed by atoms with E-state index in [2.05, 4.69) is 34.6 Å². The molecule has 2 rings (SSSR count). The van der Waals surface area contributed by atoms with Gasteiger partial charge in [-0.05, 0) is 0 Å². The van der Waals surface area contributed by atoms with Gasteiger partial charge < -0.3 is 23.7 Å². The predicted octanol–water partition coefficient (Wildman–Crippen LogP) is 2.44. The van der Waals surface area contributed by atoms with E-state index in [0.29, 0.717) is 33.0 Å². The van der Waals surface area contributed by atoms with Crippen LogP contribution in [0.15, 0.2) is 0 Å². The quantitative estimate of drug-likeness (QED) is 0.801. The molecule has 5 heteroatoms. The first-order chi connectivity index (χ1) is 9.69. The van der Waals surface area contributed by atoms with Crippen molar-refractivity contribution in [1.82, 2.24) is 0 Å². The number of methoxy groups -OCH3 is 1. The van der Waals surface area contributed by atoms with Crippen LogP contribution in [-0.4, -0.2) is 52.7 Å². The molecule has 0 aromatic heterocycles. The molecular weight excluding hydrogens is 272 g/mol. The van der Waals surface area contributed by atoms with E-state index in [9.17, 15) is 0 Å². The minimum absolute atomic E-state index is 0.0129. The van der Waals surface area contributed by atoms with E-state index >= 15 is 0 Å². The van der Waals surface area contributed by atoms with Crippen molar-refractivity contribution in [2.45, 2.75) is 47.2 Å². The first-order valence-electron chi connectivity index (χ1n) is 7.64. The number of hydrogen-bond acceptors (Lipinski definition) is 5. The third kappa shape index (κ3) is 3.96. The Balaban J connectivity index is 1.87. The van der Waals surface area contributed by atoms with Crippen LogP contribution < -0.4 is 0 Å². The van der Waals surface area contributed by atoms with Crippen molar-refractivity contribution in [3.63, 3.8) is 0 Å². The maximum atomic E-state index is 5.95. The fourth-order valence-corrected chi connectivity index (χ4v) is 2.75. The van der Waals surface area contributed by atoms with E-state index in [1.54, 1.807) is 7.11 Å². The lowest BCUT2D eigenvalue weighted by Gasteiger charge is -2.48. The average molecular weight is 302 g/mol. The molecule has 1 spiro atoms. The molecule has 5 nitrogen and oxygen atoms in total. The van der Waals surface area contributed by atoms with Crippen molar-refractivity contribution in [1.29, 1.82) is 0 Å². The summed E-state index contributed by atoms with van der Waals surface area (Å²) in [6.07, 6.45) is -0.408. The summed E-state index contributed by atoms with van der Waals surface area (Å²) < 4.78 is 28.9. The van der Waals surface area contributed by atoms with E-state index in [1.807, 2.05) is 0 Å². The lowest BCUT2D eigenvalue weighted by atomic mass is 9.87. The second-order valence-electron chi connectivity index (χ2n) is 8.20. The van der Waals surface area contributed by atoms with Crippen LogP contribution in [0.4, 0.5) is 0 Å². The molecule has 2 aliphatic rings. The summed E-state index contributed by atoms with van der Waals surface area (Å²) in [7, 11) is 1.70. The first kappa shape index (κ1) is 17.2. The molecule has 0 unspecified atom stereocenters. The van der Waals surface area contributed by atoms with Gasteiger partial charge in [-0.15, -0.1) is 0 Å². The van der Waals surface area contributed by atoms with Gasteiger partial charge in [0.2, 0.25) is 0 Å². The Bertz CT molecular complexity index is 329. The highest BCUT2D eigenvalue weighted by Crippen LogP contribution is 2.38. The van der Waals surface area contributed by atoms with Crippen molar-refractivity contribution in [2.75, 3.05) is 40.1 Å². The fourth-order valence-electron chi connectivity index (χ4n) is 2.75. The lowest BCUT2D eigenvalue weighted by Crippen LogP contribution is -2.56. The molecule has 2 saturated heterocycles. The molecule has 0 saturated carbocycles. The van der Waals surface area contributed by atoms with Crippen LogP contribution in [0.2, 0.25) is 0 Å². The molecular formula is C16H30O5. The van der Waals surface area contributed by atoms with Gasteiger partial charge in [0.05, 0.1) is 38.4 Å². The highest BCUT2D eigenvalue weighted by molar-refractivity contribution is 4.88. The molecule has 21 heavy (non-hydrogen) atoms. The zero-order chi connectivity index (χ0) is 15.7. The van der Waals surface area contributed by atoms with E-state index in [-0.39, 0.29) is 28.8 Å². The van der Waals surface area contributed by atoms with Crippen LogP contribution >= 0.6 is 0 Å². The molecule has 0 bridgehead atoms. The average Bonchev–Trinajstić information content (AvgIpc) is 2.38. The van der Waals surface area contributed by atoms with Gasteiger partial charge in [0.1, 0.15) is 0 Å². The fraction of sp³-hybridized carbons (Fsp3) is 1.00. The Hall–Kier alpha value is -0.200. The predicted molar refractivity (Wildman–Crippen MR) is 78.9 cm³/mol. The first-order valence-corrected chi connectivity index (χ1v) is 7.64. The third-order valence-electron chi connectivity index (χ3n) is 4.03. The van der Waals surface area contributed by atoms with Gasteiger partial charge in [0, 0.05) is 17.9 Å². The van der Waals surface area contributed by atoms with Crippen molar-refractivity contribution in [3.05, 3.63) is 0 Å². The molecule has 2 aliphatic heterocycles. The zero-order valence-electron chi connectivity index (χ0n) is 14.2. The highest BCUT2D eigenvalue weighted by atomic mass is 16.7. The second-order valence-corrected chi connectivity index (χ2v) is 8.20. The summed E-state index contributed by atoms with van der Waals surface area (Å²) in [6.45, 7) is 13.6. The Morgan fingerprint density at radius 2 is 1.29 bits per heavy atom. The van der Waals surface area contributed by atoms with Gasteiger partial charge in [-0.2, -0.15) is 0 Å². The normalized spacial score (nSPS) is 35.1. The molecule has 0 atom stereocenters. The van der Waals surface area contributed by atoms with Crippen LogP contribution in [0.3, 0.4) is 0 Å². The van der Waals surface area contributed by atoms with Crippen molar-refractivity contribution >= 4 is 0 Å². The molecule has 0 amide bonds. The van der Waals surface area contributed by atoms with Gasteiger partial charge in [-0.25, -0.2) is 0 Å². The summed E-state index contributed by atoms with van der Waals surface area (Å²) in [5.74, 6) is 0. The molecule has 0 radical (unpaired) electrons. The summed E-state index contributed by atoms with van der Waals surface area (Å²) in [5.41, 5.74) is -0.358. The van der Waals surface area contributed by atoms with E-state index in [0.717, 1.165) is 0 Å². The molecule has 124 valence electrons. The standard InChI is InChI=1S/C16H30O5/c1-14(2,3)12-18-8-16(9-19-12)10-20-13(21-11-16)15(4,5)7-17-6/h12-13H,7-11H2,1-6H3. The Labute approximate surface area is 128 Å². The van der Waals surface area contributed by atoms with Crippen LogP contribution in [0.1, 0.15) is 34.6 Å². The maximum absolute atomic E-state index is 5.95. The van der Waals surface area contributed by atoms with Gasteiger partial charge in [0.15, 0.2) is 12.6 Å². The minimum atomic E-state index is -0.247. The zero-order valence-corrected chi connectivity index (χ0v) is 14.2. The number of rotatable bonds is 3.